The molecule has 0 bridgehead atoms. The van der Waals surface area contributed by atoms with Crippen molar-refractivity contribution in [2.45, 2.75) is 32.0 Å². The molecule has 25 heavy (non-hydrogen) atoms. The lowest BCUT2D eigenvalue weighted by atomic mass is 10.0. The molecule has 8 heteroatoms. The van der Waals surface area contributed by atoms with Crippen molar-refractivity contribution in [3.63, 3.8) is 0 Å². The third kappa shape index (κ3) is 4.07. The molecule has 2 heterocycles. The van der Waals surface area contributed by atoms with Crippen molar-refractivity contribution in [2.24, 2.45) is 0 Å². The summed E-state index contributed by atoms with van der Waals surface area (Å²) in [6, 6.07) is 2.83. The van der Waals surface area contributed by atoms with Gasteiger partial charge in [0.2, 0.25) is 5.95 Å². The zero-order valence-corrected chi connectivity index (χ0v) is 13.6. The van der Waals surface area contributed by atoms with Crippen LogP contribution in [0.1, 0.15) is 24.1 Å². The van der Waals surface area contributed by atoms with E-state index in [1.165, 1.54) is 6.20 Å². The molecule has 1 aromatic carbocycles. The standard InChI is InChI=1S/C17H18F4N4/c1-10-14(13-5-4-11(7-15(13)18)17(19,20)21)9-24-16(25-10)23-8-12-3-2-6-22-12/h4-5,7,9,12,22H,2-3,6,8H2,1H3,(H,23,24,25). The van der Waals surface area contributed by atoms with Gasteiger partial charge in [0.25, 0.3) is 0 Å². The first kappa shape index (κ1) is 17.6. The van der Waals surface area contributed by atoms with Gasteiger partial charge in [-0.1, -0.05) is 6.07 Å². The van der Waals surface area contributed by atoms with E-state index in [0.29, 0.717) is 35.9 Å². The topological polar surface area (TPSA) is 49.8 Å². The third-order valence-electron chi connectivity index (χ3n) is 4.23. The fourth-order valence-electron chi connectivity index (χ4n) is 2.87. The maximum atomic E-state index is 14.1. The maximum absolute atomic E-state index is 14.1. The van der Waals surface area contributed by atoms with Crippen LogP contribution in [0.2, 0.25) is 0 Å². The maximum Gasteiger partial charge on any atom is 0.416 e. The van der Waals surface area contributed by atoms with Crippen molar-refractivity contribution in [1.82, 2.24) is 15.3 Å². The molecule has 0 spiro atoms. The summed E-state index contributed by atoms with van der Waals surface area (Å²) in [5.41, 5.74) is -0.101. The number of aryl methyl sites for hydroxylation is 1. The Bertz CT molecular complexity index is 755. The lowest BCUT2D eigenvalue weighted by Gasteiger charge is -2.13. The van der Waals surface area contributed by atoms with Crippen molar-refractivity contribution in [1.29, 1.82) is 0 Å². The number of aromatic nitrogens is 2. The van der Waals surface area contributed by atoms with E-state index in [2.05, 4.69) is 20.6 Å². The van der Waals surface area contributed by atoms with Crippen LogP contribution >= 0.6 is 0 Å². The van der Waals surface area contributed by atoms with Crippen LogP contribution in [0.5, 0.6) is 0 Å². The molecule has 2 N–H and O–H groups in total. The number of rotatable bonds is 4. The van der Waals surface area contributed by atoms with Gasteiger partial charge in [0, 0.05) is 29.9 Å². The van der Waals surface area contributed by atoms with Gasteiger partial charge < -0.3 is 10.6 Å². The van der Waals surface area contributed by atoms with Gasteiger partial charge in [0.15, 0.2) is 0 Å². The van der Waals surface area contributed by atoms with E-state index in [0.717, 1.165) is 31.5 Å². The van der Waals surface area contributed by atoms with Crippen LogP contribution in [-0.2, 0) is 6.18 Å². The number of alkyl halides is 3. The summed E-state index contributed by atoms with van der Waals surface area (Å²) in [6.07, 6.45) is -0.926. The summed E-state index contributed by atoms with van der Waals surface area (Å²) in [6.45, 7) is 3.36. The predicted octanol–water partition coefficient (Wildman–Crippen LogP) is 3.77. The number of nitrogens with zero attached hydrogens (tertiary/aromatic N) is 2. The molecule has 3 rings (SSSR count). The van der Waals surface area contributed by atoms with Gasteiger partial charge in [-0.2, -0.15) is 13.2 Å². The molecule has 0 amide bonds. The number of anilines is 1. The Labute approximate surface area is 142 Å². The van der Waals surface area contributed by atoms with Crippen LogP contribution in [0, 0.1) is 12.7 Å². The molecule has 1 fully saturated rings. The highest BCUT2D eigenvalue weighted by Crippen LogP contribution is 2.33. The smallest absolute Gasteiger partial charge is 0.353 e. The largest absolute Gasteiger partial charge is 0.416 e. The highest BCUT2D eigenvalue weighted by molar-refractivity contribution is 5.66. The van der Waals surface area contributed by atoms with E-state index in [-0.39, 0.29) is 5.56 Å². The SMILES string of the molecule is Cc1nc(NCC2CCCN2)ncc1-c1ccc(C(F)(F)F)cc1F. The van der Waals surface area contributed by atoms with Gasteiger partial charge in [-0.25, -0.2) is 14.4 Å². The number of nitrogens with one attached hydrogen (secondary N) is 2. The molecule has 1 aliphatic rings. The van der Waals surface area contributed by atoms with Gasteiger partial charge in [0.05, 0.1) is 11.3 Å². The Morgan fingerprint density at radius 1 is 1.28 bits per heavy atom. The normalized spacial score (nSPS) is 17.7. The average Bonchev–Trinajstić information content (AvgIpc) is 3.06. The molecule has 1 unspecified atom stereocenters. The average molecular weight is 354 g/mol. The molecule has 0 aliphatic carbocycles. The molecule has 4 nitrogen and oxygen atoms in total. The Kier molecular flexibility index (Phi) is 4.89. The third-order valence-corrected chi connectivity index (χ3v) is 4.23. The summed E-state index contributed by atoms with van der Waals surface area (Å²) >= 11 is 0. The summed E-state index contributed by atoms with van der Waals surface area (Å²) in [5, 5.41) is 6.47. The molecular formula is C17H18F4N4. The fraction of sp³-hybridized carbons (Fsp3) is 0.412. The van der Waals surface area contributed by atoms with Gasteiger partial charge in [-0.15, -0.1) is 0 Å². The van der Waals surface area contributed by atoms with Crippen molar-refractivity contribution >= 4 is 5.95 Å². The molecule has 0 radical (unpaired) electrons. The van der Waals surface area contributed by atoms with Crippen LogP contribution in [-0.4, -0.2) is 29.1 Å². The Balaban J connectivity index is 1.78. The first-order valence-corrected chi connectivity index (χ1v) is 8.02. The Morgan fingerprint density at radius 3 is 2.68 bits per heavy atom. The van der Waals surface area contributed by atoms with E-state index in [1.54, 1.807) is 6.92 Å². The molecule has 1 aromatic heterocycles. The molecule has 1 saturated heterocycles. The minimum atomic E-state index is -4.58. The quantitative estimate of drug-likeness (QED) is 0.821. The second-order valence-electron chi connectivity index (χ2n) is 6.06. The fourth-order valence-corrected chi connectivity index (χ4v) is 2.87. The van der Waals surface area contributed by atoms with Gasteiger partial charge in [-0.05, 0) is 38.4 Å². The van der Waals surface area contributed by atoms with Crippen molar-refractivity contribution < 1.29 is 17.6 Å². The van der Waals surface area contributed by atoms with E-state index < -0.39 is 17.6 Å². The van der Waals surface area contributed by atoms with Crippen LogP contribution < -0.4 is 10.6 Å². The first-order chi connectivity index (χ1) is 11.8. The lowest BCUT2D eigenvalue weighted by Crippen LogP contribution is -2.29. The van der Waals surface area contributed by atoms with Crippen molar-refractivity contribution in [3.8, 4) is 11.1 Å². The summed E-state index contributed by atoms with van der Waals surface area (Å²) in [4.78, 5) is 8.43. The molecule has 2 aromatic rings. The number of hydrogen-bond donors (Lipinski definition) is 2. The van der Waals surface area contributed by atoms with Crippen molar-refractivity contribution in [3.05, 3.63) is 41.5 Å². The Morgan fingerprint density at radius 2 is 2.08 bits per heavy atom. The zero-order chi connectivity index (χ0) is 18.0. The molecule has 0 saturated carbocycles. The van der Waals surface area contributed by atoms with Crippen LogP contribution in [0.3, 0.4) is 0 Å². The zero-order valence-electron chi connectivity index (χ0n) is 13.6. The number of hydrogen-bond acceptors (Lipinski definition) is 4. The number of halogens is 4. The minimum Gasteiger partial charge on any atom is -0.353 e. The highest BCUT2D eigenvalue weighted by atomic mass is 19.4. The Hall–Kier alpha value is -2.22. The van der Waals surface area contributed by atoms with Gasteiger partial charge in [-0.3, -0.25) is 0 Å². The predicted molar refractivity (Wildman–Crippen MR) is 86.7 cm³/mol. The van der Waals surface area contributed by atoms with Gasteiger partial charge in [0.1, 0.15) is 5.82 Å². The molecule has 134 valence electrons. The minimum absolute atomic E-state index is 0.0505. The summed E-state index contributed by atoms with van der Waals surface area (Å²) in [5.74, 6) is -0.528. The molecule has 1 aliphatic heterocycles. The van der Waals surface area contributed by atoms with E-state index in [1.807, 2.05) is 0 Å². The number of benzene rings is 1. The van der Waals surface area contributed by atoms with Crippen LogP contribution in [0.25, 0.3) is 11.1 Å². The first-order valence-electron chi connectivity index (χ1n) is 8.02. The van der Waals surface area contributed by atoms with Crippen LogP contribution in [0.4, 0.5) is 23.5 Å². The summed E-state index contributed by atoms with van der Waals surface area (Å²) < 4.78 is 52.0. The van der Waals surface area contributed by atoms with E-state index in [9.17, 15) is 17.6 Å². The van der Waals surface area contributed by atoms with Crippen molar-refractivity contribution in [2.75, 3.05) is 18.4 Å². The van der Waals surface area contributed by atoms with E-state index in [4.69, 9.17) is 0 Å². The summed E-state index contributed by atoms with van der Waals surface area (Å²) in [7, 11) is 0. The second kappa shape index (κ2) is 6.95. The lowest BCUT2D eigenvalue weighted by molar-refractivity contribution is -0.137. The molecular weight excluding hydrogens is 336 g/mol. The molecule has 1 atom stereocenters. The second-order valence-corrected chi connectivity index (χ2v) is 6.06. The van der Waals surface area contributed by atoms with Gasteiger partial charge >= 0.3 is 6.18 Å². The van der Waals surface area contributed by atoms with Crippen LogP contribution in [0.15, 0.2) is 24.4 Å². The monoisotopic (exact) mass is 354 g/mol. The van der Waals surface area contributed by atoms with E-state index >= 15 is 0 Å². The highest BCUT2D eigenvalue weighted by Gasteiger charge is 2.31.